The van der Waals surface area contributed by atoms with E-state index in [4.69, 9.17) is 17.3 Å². The van der Waals surface area contributed by atoms with E-state index in [0.29, 0.717) is 10.6 Å². The van der Waals surface area contributed by atoms with Crippen molar-refractivity contribution < 1.29 is 4.79 Å². The number of aldehydes is 1. The van der Waals surface area contributed by atoms with Gasteiger partial charge in [0.1, 0.15) is 6.29 Å². The van der Waals surface area contributed by atoms with Gasteiger partial charge < -0.3 is 5.73 Å². The molecule has 2 aliphatic rings. The van der Waals surface area contributed by atoms with Gasteiger partial charge in [0.15, 0.2) is 0 Å². The van der Waals surface area contributed by atoms with E-state index in [1.54, 1.807) is 23.9 Å². The Labute approximate surface area is 163 Å². The molecule has 1 heterocycles. The van der Waals surface area contributed by atoms with Crippen LogP contribution in [-0.4, -0.2) is 11.7 Å². The van der Waals surface area contributed by atoms with Crippen molar-refractivity contribution in [1.82, 2.24) is 0 Å². The summed E-state index contributed by atoms with van der Waals surface area (Å²) < 4.78 is 0. The van der Waals surface area contributed by atoms with E-state index < -0.39 is 0 Å². The molecule has 0 bridgehead atoms. The average molecular weight is 382 g/mol. The summed E-state index contributed by atoms with van der Waals surface area (Å²) in [5.74, 6) is 0.0587. The number of nitrogens with two attached hydrogens (primary N) is 1. The average Bonchev–Trinajstić information content (AvgIpc) is 2.97. The van der Waals surface area contributed by atoms with E-state index in [9.17, 15) is 4.79 Å². The van der Waals surface area contributed by atoms with Crippen LogP contribution in [0.2, 0.25) is 5.02 Å². The van der Waals surface area contributed by atoms with E-state index in [2.05, 4.69) is 30.3 Å². The molecule has 1 aliphatic carbocycles. The molecule has 0 amide bonds. The number of thioether (sulfide) groups is 1. The molecule has 26 heavy (non-hydrogen) atoms. The molecule has 0 saturated heterocycles. The Balaban J connectivity index is 1.66. The second kappa shape index (κ2) is 7.43. The zero-order chi connectivity index (χ0) is 18.1. The van der Waals surface area contributed by atoms with Crippen LogP contribution < -0.4 is 5.73 Å². The first-order chi connectivity index (χ1) is 12.7. The van der Waals surface area contributed by atoms with Gasteiger partial charge >= 0.3 is 0 Å². The maximum absolute atomic E-state index is 11.5. The molecule has 2 N–H and O–H groups in total. The van der Waals surface area contributed by atoms with Crippen LogP contribution >= 0.6 is 23.4 Å². The molecule has 0 saturated carbocycles. The molecule has 0 aromatic heterocycles. The van der Waals surface area contributed by atoms with E-state index in [1.807, 2.05) is 12.1 Å². The predicted molar refractivity (Wildman–Crippen MR) is 110 cm³/mol. The zero-order valence-electron chi connectivity index (χ0n) is 14.3. The van der Waals surface area contributed by atoms with Crippen molar-refractivity contribution in [3.63, 3.8) is 0 Å². The summed E-state index contributed by atoms with van der Waals surface area (Å²) in [6, 6.07) is 16.0. The second-order valence-electron chi connectivity index (χ2n) is 6.81. The minimum atomic E-state index is -0.0792. The Bertz CT molecular complexity index is 904. The first-order valence-electron chi connectivity index (χ1n) is 8.79. The lowest BCUT2D eigenvalue weighted by atomic mass is 9.82. The van der Waals surface area contributed by atoms with Crippen LogP contribution in [0.5, 0.6) is 0 Å². The standard InChI is InChI=1S/C22H20ClNOS/c23-17-8-7-16(13-25)19(12-17)21-18-9-6-15(11-20(18)26-22(21)24)10-14-4-2-1-3-5-14/h1-5,7-8,11-13,21-22H,6,9-10,24H2. The molecule has 1 aliphatic heterocycles. The topological polar surface area (TPSA) is 43.1 Å². The van der Waals surface area contributed by atoms with E-state index in [0.717, 1.165) is 31.1 Å². The van der Waals surface area contributed by atoms with Crippen LogP contribution in [0, 0.1) is 0 Å². The second-order valence-corrected chi connectivity index (χ2v) is 8.46. The third-order valence-electron chi connectivity index (χ3n) is 5.12. The van der Waals surface area contributed by atoms with Gasteiger partial charge in [0.05, 0.1) is 5.37 Å². The summed E-state index contributed by atoms with van der Waals surface area (Å²) in [7, 11) is 0. The number of rotatable bonds is 4. The summed E-state index contributed by atoms with van der Waals surface area (Å²) >= 11 is 7.91. The van der Waals surface area contributed by atoms with Crippen molar-refractivity contribution in [2.75, 3.05) is 0 Å². The minimum Gasteiger partial charge on any atom is -0.318 e. The fourth-order valence-corrected chi connectivity index (χ4v) is 5.42. The zero-order valence-corrected chi connectivity index (χ0v) is 15.9. The Morgan fingerprint density at radius 3 is 2.73 bits per heavy atom. The van der Waals surface area contributed by atoms with E-state index in [1.165, 1.54) is 21.6 Å². The highest BCUT2D eigenvalue weighted by molar-refractivity contribution is 8.04. The van der Waals surface area contributed by atoms with Crippen LogP contribution in [0.15, 0.2) is 70.7 Å². The van der Waals surface area contributed by atoms with Gasteiger partial charge in [-0.1, -0.05) is 47.5 Å². The quantitative estimate of drug-likeness (QED) is 0.712. The SMILES string of the molecule is NC1SC2=C(CCC(Cc3ccccc3)=C2)C1c1cc(Cl)ccc1C=O. The van der Waals surface area contributed by atoms with Gasteiger partial charge in [-0.2, -0.15) is 0 Å². The highest BCUT2D eigenvalue weighted by Gasteiger charge is 2.36. The Kier molecular flexibility index (Phi) is 5.03. The Hall–Kier alpha value is -1.81. The van der Waals surface area contributed by atoms with Gasteiger partial charge in [-0.3, -0.25) is 4.79 Å². The third-order valence-corrected chi connectivity index (χ3v) is 6.53. The van der Waals surface area contributed by atoms with Crippen molar-refractivity contribution >= 4 is 29.6 Å². The fraction of sp³-hybridized carbons (Fsp3) is 0.227. The summed E-state index contributed by atoms with van der Waals surface area (Å²) in [6.07, 6.45) is 6.22. The van der Waals surface area contributed by atoms with E-state index >= 15 is 0 Å². The molecule has 2 aromatic carbocycles. The third kappa shape index (κ3) is 3.39. The number of hydrogen-bond donors (Lipinski definition) is 1. The maximum atomic E-state index is 11.5. The molecule has 0 spiro atoms. The van der Waals surface area contributed by atoms with Crippen molar-refractivity contribution in [3.05, 3.63) is 92.4 Å². The number of benzene rings is 2. The molecule has 4 rings (SSSR count). The monoisotopic (exact) mass is 381 g/mol. The fourth-order valence-electron chi connectivity index (χ4n) is 3.88. The first kappa shape index (κ1) is 17.6. The van der Waals surface area contributed by atoms with Gasteiger partial charge in [0.25, 0.3) is 0 Å². The van der Waals surface area contributed by atoms with Gasteiger partial charge in [-0.25, -0.2) is 0 Å². The largest absolute Gasteiger partial charge is 0.318 e. The highest BCUT2D eigenvalue weighted by atomic mass is 35.5. The Morgan fingerprint density at radius 1 is 1.15 bits per heavy atom. The van der Waals surface area contributed by atoms with Crippen LogP contribution in [-0.2, 0) is 6.42 Å². The van der Waals surface area contributed by atoms with Crippen LogP contribution in [0.3, 0.4) is 0 Å². The van der Waals surface area contributed by atoms with Crippen LogP contribution in [0.25, 0.3) is 0 Å². The number of carbonyl (C=O) groups is 1. The van der Waals surface area contributed by atoms with Crippen LogP contribution in [0.1, 0.15) is 40.2 Å². The van der Waals surface area contributed by atoms with Crippen molar-refractivity contribution in [2.45, 2.75) is 30.6 Å². The van der Waals surface area contributed by atoms with Crippen molar-refractivity contribution in [3.8, 4) is 0 Å². The summed E-state index contributed by atoms with van der Waals surface area (Å²) in [5.41, 5.74) is 12.2. The number of carbonyl (C=O) groups excluding carboxylic acids is 1. The lowest BCUT2D eigenvalue weighted by molar-refractivity contribution is 0.112. The normalized spacial score (nSPS) is 22.2. The molecule has 2 nitrogen and oxygen atoms in total. The maximum Gasteiger partial charge on any atom is 0.150 e. The molecule has 132 valence electrons. The smallest absolute Gasteiger partial charge is 0.150 e. The summed E-state index contributed by atoms with van der Waals surface area (Å²) in [6.45, 7) is 0. The lowest BCUT2D eigenvalue weighted by Crippen LogP contribution is -2.23. The van der Waals surface area contributed by atoms with Crippen molar-refractivity contribution in [1.29, 1.82) is 0 Å². The number of halogens is 1. The Morgan fingerprint density at radius 2 is 1.96 bits per heavy atom. The van der Waals surface area contributed by atoms with Gasteiger partial charge in [0.2, 0.25) is 0 Å². The molecular weight excluding hydrogens is 362 g/mol. The van der Waals surface area contributed by atoms with Crippen molar-refractivity contribution in [2.24, 2.45) is 5.73 Å². The number of hydrogen-bond acceptors (Lipinski definition) is 3. The van der Waals surface area contributed by atoms with Gasteiger partial charge in [-0.15, -0.1) is 11.8 Å². The minimum absolute atomic E-state index is 0.0587. The molecular formula is C22H20ClNOS. The van der Waals surface area contributed by atoms with Gasteiger partial charge in [0, 0.05) is 21.4 Å². The van der Waals surface area contributed by atoms with Gasteiger partial charge in [-0.05, 0) is 60.2 Å². The summed E-state index contributed by atoms with van der Waals surface area (Å²) in [5, 5.41) is 0.567. The van der Waals surface area contributed by atoms with E-state index in [-0.39, 0.29) is 11.3 Å². The molecule has 0 radical (unpaired) electrons. The highest BCUT2D eigenvalue weighted by Crippen LogP contribution is 2.51. The molecule has 2 aromatic rings. The number of allylic oxidation sites excluding steroid dienone is 2. The summed E-state index contributed by atoms with van der Waals surface area (Å²) in [4.78, 5) is 12.8. The lowest BCUT2D eigenvalue weighted by Gasteiger charge is -2.23. The molecule has 2 atom stereocenters. The van der Waals surface area contributed by atoms with Crippen LogP contribution in [0.4, 0.5) is 0 Å². The molecule has 4 heteroatoms. The molecule has 0 fully saturated rings. The predicted octanol–water partition coefficient (Wildman–Crippen LogP) is 5.48. The first-order valence-corrected chi connectivity index (χ1v) is 10.0. The molecule has 2 unspecified atom stereocenters.